The fourth-order valence-corrected chi connectivity index (χ4v) is 2.38. The molecule has 2 aromatic rings. The molecule has 0 fully saturated rings. The summed E-state index contributed by atoms with van der Waals surface area (Å²) in [6.07, 6.45) is 2.44. The van der Waals surface area contributed by atoms with Crippen LogP contribution in [0.5, 0.6) is 0 Å². The maximum atomic E-state index is 11.8. The minimum Gasteiger partial charge on any atom is -0.465 e. The third-order valence-corrected chi connectivity index (χ3v) is 4.00. The van der Waals surface area contributed by atoms with Crippen molar-refractivity contribution in [2.24, 2.45) is 11.7 Å². The van der Waals surface area contributed by atoms with Crippen LogP contribution >= 0.6 is 12.4 Å². The molecule has 1 unspecified atom stereocenters. The second-order valence-electron chi connectivity index (χ2n) is 6.16. The number of nitrogen functional groups attached to an aromatic ring is 1. The average molecular weight is 417 g/mol. The molecule has 0 aromatic carbocycles. The molecule has 2 heterocycles. The highest BCUT2D eigenvalue weighted by atomic mass is 35.5. The number of halogens is 1. The number of carbonyl (C=O) groups is 2. The van der Waals surface area contributed by atoms with Gasteiger partial charge in [-0.25, -0.2) is 4.98 Å². The second-order valence-corrected chi connectivity index (χ2v) is 6.16. The van der Waals surface area contributed by atoms with Crippen molar-refractivity contribution in [1.29, 1.82) is 0 Å². The molecule has 0 radical (unpaired) electrons. The Morgan fingerprint density at radius 2 is 2.00 bits per heavy atom. The van der Waals surface area contributed by atoms with Crippen molar-refractivity contribution in [2.75, 3.05) is 18.9 Å². The molecule has 2 atom stereocenters. The summed E-state index contributed by atoms with van der Waals surface area (Å²) in [4.78, 5) is 45.2. The SMILES string of the molecule is CC[C@H](N)C(=O)OCC(CCn1cnc2c(=O)[nH]c(N)nc21)COC(C)=O.Cl. The molecule has 156 valence electrons. The van der Waals surface area contributed by atoms with Gasteiger partial charge in [0.15, 0.2) is 11.2 Å². The number of nitrogens with zero attached hydrogens (tertiary/aromatic N) is 3. The zero-order valence-corrected chi connectivity index (χ0v) is 16.5. The first-order chi connectivity index (χ1) is 12.8. The summed E-state index contributed by atoms with van der Waals surface area (Å²) >= 11 is 0. The number of aromatic amines is 1. The molecule has 0 spiro atoms. The van der Waals surface area contributed by atoms with Gasteiger partial charge in [-0.15, -0.1) is 12.4 Å². The number of rotatable bonds is 9. The van der Waals surface area contributed by atoms with E-state index < -0.39 is 23.5 Å². The van der Waals surface area contributed by atoms with E-state index in [4.69, 9.17) is 20.9 Å². The first-order valence-electron chi connectivity index (χ1n) is 8.58. The van der Waals surface area contributed by atoms with E-state index in [2.05, 4.69) is 15.0 Å². The number of H-pyrrole nitrogens is 1. The lowest BCUT2D eigenvalue weighted by atomic mass is 10.1. The highest BCUT2D eigenvalue weighted by molar-refractivity contribution is 5.85. The zero-order chi connectivity index (χ0) is 20.0. The Morgan fingerprint density at radius 1 is 1.32 bits per heavy atom. The molecule has 11 nitrogen and oxygen atoms in total. The highest BCUT2D eigenvalue weighted by Gasteiger charge is 2.18. The van der Waals surface area contributed by atoms with E-state index in [-0.39, 0.29) is 43.0 Å². The standard InChI is InChI=1S/C16H24N6O5.ClH/c1-3-11(17)15(25)27-7-10(6-26-9(2)23)4-5-22-8-19-12-13(22)20-16(18)21-14(12)24;/h8,10-11H,3-7,17H2,1-2H3,(H3,18,20,21,24);1H/t10?,11-;/m0./s1. The maximum Gasteiger partial charge on any atom is 0.322 e. The van der Waals surface area contributed by atoms with Gasteiger partial charge in [-0.1, -0.05) is 6.92 Å². The molecule has 0 saturated heterocycles. The predicted octanol–water partition coefficient (Wildman–Crippen LogP) is -0.0265. The molecule has 12 heteroatoms. The van der Waals surface area contributed by atoms with Gasteiger partial charge in [0.2, 0.25) is 5.95 Å². The highest BCUT2D eigenvalue weighted by Crippen LogP contribution is 2.12. The summed E-state index contributed by atoms with van der Waals surface area (Å²) in [5.74, 6) is -1.18. The second kappa shape index (κ2) is 10.6. The summed E-state index contributed by atoms with van der Waals surface area (Å²) < 4.78 is 11.9. The summed E-state index contributed by atoms with van der Waals surface area (Å²) in [6.45, 7) is 3.65. The molecule has 0 amide bonds. The number of nitrogens with two attached hydrogens (primary N) is 2. The Morgan fingerprint density at radius 3 is 2.64 bits per heavy atom. The van der Waals surface area contributed by atoms with Gasteiger partial charge in [0.25, 0.3) is 5.56 Å². The number of ether oxygens (including phenoxy) is 2. The van der Waals surface area contributed by atoms with Crippen LogP contribution in [0.1, 0.15) is 26.7 Å². The number of hydrogen-bond donors (Lipinski definition) is 3. The average Bonchev–Trinajstić information content (AvgIpc) is 3.03. The number of aryl methyl sites for hydroxylation is 1. The minimum absolute atomic E-state index is 0. The van der Waals surface area contributed by atoms with Gasteiger partial charge in [0, 0.05) is 19.4 Å². The molecule has 0 saturated carbocycles. The Labute approximate surface area is 167 Å². The molecule has 0 bridgehead atoms. The number of esters is 2. The number of imidazole rings is 1. The Hall–Kier alpha value is -2.66. The molecule has 0 aliphatic rings. The smallest absolute Gasteiger partial charge is 0.322 e. The molecule has 5 N–H and O–H groups in total. The van der Waals surface area contributed by atoms with Crippen molar-refractivity contribution in [3.05, 3.63) is 16.7 Å². The zero-order valence-electron chi connectivity index (χ0n) is 15.7. The van der Waals surface area contributed by atoms with Gasteiger partial charge >= 0.3 is 11.9 Å². The van der Waals surface area contributed by atoms with Crippen molar-refractivity contribution < 1.29 is 19.1 Å². The van der Waals surface area contributed by atoms with Crippen LogP contribution in [0.15, 0.2) is 11.1 Å². The summed E-state index contributed by atoms with van der Waals surface area (Å²) in [6, 6.07) is -0.684. The molecule has 28 heavy (non-hydrogen) atoms. The van der Waals surface area contributed by atoms with E-state index in [1.807, 2.05) is 0 Å². The van der Waals surface area contributed by atoms with Crippen LogP contribution in [0, 0.1) is 5.92 Å². The summed E-state index contributed by atoms with van der Waals surface area (Å²) in [5.41, 5.74) is 11.3. The molecular formula is C16H25ClN6O5. The van der Waals surface area contributed by atoms with Gasteiger partial charge < -0.3 is 25.5 Å². The lowest BCUT2D eigenvalue weighted by Crippen LogP contribution is -2.33. The maximum absolute atomic E-state index is 11.8. The first kappa shape index (κ1) is 23.4. The molecule has 0 aliphatic heterocycles. The third-order valence-electron chi connectivity index (χ3n) is 4.00. The normalized spacial score (nSPS) is 12.8. The van der Waals surface area contributed by atoms with E-state index in [9.17, 15) is 14.4 Å². The fraction of sp³-hybridized carbons (Fsp3) is 0.562. The van der Waals surface area contributed by atoms with Crippen LogP contribution in [-0.2, 0) is 25.6 Å². The first-order valence-corrected chi connectivity index (χ1v) is 8.58. The molecular weight excluding hydrogens is 392 g/mol. The topological polar surface area (TPSA) is 168 Å². The van der Waals surface area contributed by atoms with Crippen molar-refractivity contribution in [1.82, 2.24) is 19.5 Å². The molecule has 2 rings (SSSR count). The van der Waals surface area contributed by atoms with E-state index >= 15 is 0 Å². The van der Waals surface area contributed by atoms with Crippen molar-refractivity contribution in [2.45, 2.75) is 39.3 Å². The van der Waals surface area contributed by atoms with Crippen molar-refractivity contribution in [3.8, 4) is 0 Å². The largest absolute Gasteiger partial charge is 0.465 e. The number of hydrogen-bond acceptors (Lipinski definition) is 9. The van der Waals surface area contributed by atoms with Gasteiger partial charge in [-0.05, 0) is 12.8 Å². The predicted molar refractivity (Wildman–Crippen MR) is 104 cm³/mol. The van der Waals surface area contributed by atoms with Gasteiger partial charge in [0.1, 0.15) is 6.04 Å². The van der Waals surface area contributed by atoms with Crippen molar-refractivity contribution in [3.63, 3.8) is 0 Å². The van der Waals surface area contributed by atoms with E-state index in [0.717, 1.165) is 0 Å². The Bertz CT molecular complexity index is 867. The van der Waals surface area contributed by atoms with Crippen molar-refractivity contribution >= 4 is 41.5 Å². The molecule has 2 aromatic heterocycles. The van der Waals surface area contributed by atoms with Crippen LogP contribution < -0.4 is 17.0 Å². The summed E-state index contributed by atoms with van der Waals surface area (Å²) in [5, 5.41) is 0. The quantitative estimate of drug-likeness (QED) is 0.475. The number of aromatic nitrogens is 4. The number of fused-ring (bicyclic) bond motifs is 1. The van der Waals surface area contributed by atoms with Crippen LogP contribution in [0.4, 0.5) is 5.95 Å². The third kappa shape index (κ3) is 6.20. The lowest BCUT2D eigenvalue weighted by molar-refractivity contribution is -0.149. The van der Waals surface area contributed by atoms with E-state index in [1.54, 1.807) is 11.5 Å². The fourth-order valence-electron chi connectivity index (χ4n) is 2.38. The molecule has 0 aliphatic carbocycles. The number of carbonyl (C=O) groups excluding carboxylic acids is 2. The Kier molecular flexibility index (Phi) is 8.86. The number of nitrogens with one attached hydrogen (secondary N) is 1. The van der Waals surface area contributed by atoms with Crippen LogP contribution in [0.25, 0.3) is 11.2 Å². The lowest BCUT2D eigenvalue weighted by Gasteiger charge is -2.18. The number of anilines is 1. The van der Waals surface area contributed by atoms with Gasteiger partial charge in [-0.3, -0.25) is 19.4 Å². The van der Waals surface area contributed by atoms with E-state index in [1.165, 1.54) is 13.3 Å². The Balaban J connectivity index is 0.00000392. The van der Waals surface area contributed by atoms with Gasteiger partial charge in [0.05, 0.1) is 19.5 Å². The van der Waals surface area contributed by atoms with Crippen LogP contribution in [0.2, 0.25) is 0 Å². The minimum atomic E-state index is -0.684. The van der Waals surface area contributed by atoms with Crippen LogP contribution in [0.3, 0.4) is 0 Å². The van der Waals surface area contributed by atoms with Gasteiger partial charge in [-0.2, -0.15) is 4.98 Å². The monoisotopic (exact) mass is 416 g/mol. The van der Waals surface area contributed by atoms with E-state index in [0.29, 0.717) is 25.0 Å². The summed E-state index contributed by atoms with van der Waals surface area (Å²) in [7, 11) is 0. The van der Waals surface area contributed by atoms with Crippen LogP contribution in [-0.4, -0.2) is 50.7 Å².